The Morgan fingerprint density at radius 1 is 1.26 bits per heavy atom. The molecular weight excluding hydrogens is 389 g/mol. The maximum Gasteiger partial charge on any atom is 0.341 e. The summed E-state index contributed by atoms with van der Waals surface area (Å²) in [7, 11) is 0. The second-order valence-corrected chi connectivity index (χ2v) is 6.00. The summed E-state index contributed by atoms with van der Waals surface area (Å²) in [5.41, 5.74) is 1.20. The Morgan fingerprint density at radius 2 is 2.00 bits per heavy atom. The number of hydrogen-bond donors (Lipinski definition) is 1. The van der Waals surface area contributed by atoms with Gasteiger partial charge in [-0.3, -0.25) is 4.79 Å². The van der Waals surface area contributed by atoms with E-state index >= 15 is 0 Å². The van der Waals surface area contributed by atoms with E-state index in [1.165, 1.54) is 6.07 Å². The molecule has 0 radical (unpaired) electrons. The quantitative estimate of drug-likeness (QED) is 0.777. The first-order valence-corrected chi connectivity index (χ1v) is 7.72. The molecule has 0 saturated carbocycles. The molecule has 0 aliphatic heterocycles. The number of ether oxygens (including phenoxy) is 1. The number of anilines is 1. The van der Waals surface area contributed by atoms with E-state index < -0.39 is 24.3 Å². The molecule has 7 heteroatoms. The van der Waals surface area contributed by atoms with E-state index in [0.29, 0.717) is 5.69 Å². The van der Waals surface area contributed by atoms with E-state index in [0.717, 1.165) is 22.2 Å². The van der Waals surface area contributed by atoms with Crippen molar-refractivity contribution in [1.82, 2.24) is 0 Å². The highest BCUT2D eigenvalue weighted by atomic mass is 79.9. The van der Waals surface area contributed by atoms with Crippen molar-refractivity contribution in [3.63, 3.8) is 0 Å². The number of aryl methyl sites for hydroxylation is 1. The van der Waals surface area contributed by atoms with Crippen molar-refractivity contribution in [2.24, 2.45) is 0 Å². The molecule has 0 bridgehead atoms. The van der Waals surface area contributed by atoms with Crippen molar-refractivity contribution in [1.29, 1.82) is 0 Å². The first kappa shape index (κ1) is 17.4. The smallest absolute Gasteiger partial charge is 0.341 e. The Balaban J connectivity index is 1.94. The van der Waals surface area contributed by atoms with Crippen LogP contribution in [0.4, 0.5) is 10.1 Å². The average Bonchev–Trinajstić information content (AvgIpc) is 2.51. The molecule has 23 heavy (non-hydrogen) atoms. The lowest BCUT2D eigenvalue weighted by Crippen LogP contribution is -2.21. The van der Waals surface area contributed by atoms with Crippen molar-refractivity contribution in [2.75, 3.05) is 11.9 Å². The second-order valence-electron chi connectivity index (χ2n) is 4.71. The monoisotopic (exact) mass is 399 g/mol. The lowest BCUT2D eigenvalue weighted by atomic mass is 10.2. The molecule has 4 nitrogen and oxygen atoms in total. The number of esters is 1. The van der Waals surface area contributed by atoms with Gasteiger partial charge in [-0.05, 0) is 48.9 Å². The van der Waals surface area contributed by atoms with Gasteiger partial charge in [-0.25, -0.2) is 9.18 Å². The van der Waals surface area contributed by atoms with Gasteiger partial charge in [0.25, 0.3) is 5.91 Å². The minimum atomic E-state index is -0.952. The Morgan fingerprint density at radius 3 is 2.70 bits per heavy atom. The van der Waals surface area contributed by atoms with Crippen molar-refractivity contribution < 1.29 is 18.7 Å². The van der Waals surface area contributed by atoms with Gasteiger partial charge < -0.3 is 10.1 Å². The summed E-state index contributed by atoms with van der Waals surface area (Å²) in [4.78, 5) is 23.5. The van der Waals surface area contributed by atoms with Gasteiger partial charge in [0.15, 0.2) is 6.61 Å². The summed E-state index contributed by atoms with van der Waals surface area (Å²) in [6.07, 6.45) is 0. The molecule has 2 rings (SSSR count). The van der Waals surface area contributed by atoms with E-state index in [1.807, 2.05) is 6.92 Å². The zero-order valence-electron chi connectivity index (χ0n) is 12.0. The van der Waals surface area contributed by atoms with Crippen LogP contribution < -0.4 is 5.32 Å². The molecule has 0 saturated heterocycles. The molecule has 2 aromatic carbocycles. The normalized spacial score (nSPS) is 10.3. The van der Waals surface area contributed by atoms with Crippen molar-refractivity contribution in [3.8, 4) is 0 Å². The highest BCUT2D eigenvalue weighted by Crippen LogP contribution is 2.20. The van der Waals surface area contributed by atoms with Crippen LogP contribution in [0.1, 0.15) is 15.9 Å². The first-order valence-electron chi connectivity index (χ1n) is 6.55. The van der Waals surface area contributed by atoms with Crippen molar-refractivity contribution in [2.45, 2.75) is 6.92 Å². The molecule has 0 heterocycles. The Bertz CT molecular complexity index is 767. The number of amides is 1. The predicted octanol–water partition coefficient (Wildman–Crippen LogP) is 4.35. The highest BCUT2D eigenvalue weighted by molar-refractivity contribution is 9.10. The van der Waals surface area contributed by atoms with Crippen LogP contribution in [0.3, 0.4) is 0 Å². The maximum absolute atomic E-state index is 13.5. The first-order chi connectivity index (χ1) is 10.9. The van der Waals surface area contributed by atoms with Crippen LogP contribution in [0, 0.1) is 12.7 Å². The summed E-state index contributed by atoms with van der Waals surface area (Å²) >= 11 is 9.06. The van der Waals surface area contributed by atoms with Gasteiger partial charge in [0.1, 0.15) is 5.82 Å². The molecule has 1 amide bonds. The number of benzene rings is 2. The van der Waals surface area contributed by atoms with Crippen molar-refractivity contribution >= 4 is 45.1 Å². The third-order valence-electron chi connectivity index (χ3n) is 2.92. The fourth-order valence-corrected chi connectivity index (χ4v) is 2.20. The second kappa shape index (κ2) is 7.57. The van der Waals surface area contributed by atoms with E-state index in [9.17, 15) is 14.0 Å². The number of carbonyl (C=O) groups is 2. The van der Waals surface area contributed by atoms with Gasteiger partial charge in [-0.2, -0.15) is 0 Å². The van der Waals surface area contributed by atoms with Gasteiger partial charge in [-0.1, -0.05) is 27.5 Å². The van der Waals surface area contributed by atoms with E-state index in [4.69, 9.17) is 16.3 Å². The molecule has 0 aliphatic rings. The topological polar surface area (TPSA) is 55.4 Å². The van der Waals surface area contributed by atoms with Crippen LogP contribution in [0.15, 0.2) is 40.9 Å². The Hall–Kier alpha value is -1.92. The zero-order valence-corrected chi connectivity index (χ0v) is 14.4. The largest absolute Gasteiger partial charge is 0.452 e. The molecule has 120 valence electrons. The van der Waals surface area contributed by atoms with Crippen LogP contribution in [-0.4, -0.2) is 18.5 Å². The van der Waals surface area contributed by atoms with Gasteiger partial charge in [0, 0.05) is 15.2 Å². The van der Waals surface area contributed by atoms with Crippen LogP contribution >= 0.6 is 27.5 Å². The summed E-state index contributed by atoms with van der Waals surface area (Å²) in [5.74, 6) is -2.24. The van der Waals surface area contributed by atoms with Crippen LogP contribution in [0.5, 0.6) is 0 Å². The van der Waals surface area contributed by atoms with E-state index in [2.05, 4.69) is 21.2 Å². The number of hydrogen-bond acceptors (Lipinski definition) is 3. The SMILES string of the molecule is Cc1cc(NC(=O)COC(=O)c2cc(Cl)ccc2F)ccc1Br. The summed E-state index contributed by atoms with van der Waals surface area (Å²) in [5, 5.41) is 2.79. The third-order valence-corrected chi connectivity index (χ3v) is 4.05. The fraction of sp³-hybridized carbons (Fsp3) is 0.125. The van der Waals surface area contributed by atoms with Gasteiger partial charge in [0.2, 0.25) is 0 Å². The lowest BCUT2D eigenvalue weighted by molar-refractivity contribution is -0.119. The van der Waals surface area contributed by atoms with E-state index in [-0.39, 0.29) is 10.6 Å². The minimum Gasteiger partial charge on any atom is -0.452 e. The number of nitrogens with one attached hydrogen (secondary N) is 1. The standard InChI is InChI=1S/C16H12BrClFNO3/c1-9-6-11(3-4-13(9)17)20-15(21)8-23-16(22)12-7-10(18)2-5-14(12)19/h2-7H,8H2,1H3,(H,20,21). The average molecular weight is 401 g/mol. The molecule has 1 N–H and O–H groups in total. The molecular formula is C16H12BrClFNO3. The van der Waals surface area contributed by atoms with Crippen LogP contribution in [-0.2, 0) is 9.53 Å². The van der Waals surface area contributed by atoms with Crippen molar-refractivity contribution in [3.05, 3.63) is 62.8 Å². The molecule has 0 spiro atoms. The van der Waals surface area contributed by atoms with Crippen LogP contribution in [0.25, 0.3) is 0 Å². The Labute approximate surface area is 145 Å². The molecule has 2 aromatic rings. The number of carbonyl (C=O) groups excluding carboxylic acids is 2. The molecule has 0 fully saturated rings. The molecule has 0 aromatic heterocycles. The summed E-state index contributed by atoms with van der Waals surface area (Å²) in [6.45, 7) is 1.35. The lowest BCUT2D eigenvalue weighted by Gasteiger charge is -2.08. The number of rotatable bonds is 4. The summed E-state index contributed by atoms with van der Waals surface area (Å²) < 4.78 is 19.2. The minimum absolute atomic E-state index is 0.202. The van der Waals surface area contributed by atoms with Crippen LogP contribution in [0.2, 0.25) is 5.02 Å². The highest BCUT2D eigenvalue weighted by Gasteiger charge is 2.15. The fourth-order valence-electron chi connectivity index (χ4n) is 1.78. The van der Waals surface area contributed by atoms with Gasteiger partial charge in [-0.15, -0.1) is 0 Å². The van der Waals surface area contributed by atoms with Gasteiger partial charge >= 0.3 is 5.97 Å². The molecule has 0 unspecified atom stereocenters. The zero-order chi connectivity index (χ0) is 17.0. The molecule has 0 aliphatic carbocycles. The van der Waals surface area contributed by atoms with Gasteiger partial charge in [0.05, 0.1) is 5.56 Å². The predicted molar refractivity (Wildman–Crippen MR) is 89.2 cm³/mol. The summed E-state index contributed by atoms with van der Waals surface area (Å²) in [6, 6.07) is 8.78. The Kier molecular flexibility index (Phi) is 5.74. The third kappa shape index (κ3) is 4.77. The number of halogens is 3. The van der Waals surface area contributed by atoms with E-state index in [1.54, 1.807) is 18.2 Å². The molecule has 0 atom stereocenters. The maximum atomic E-state index is 13.5.